The first-order valence-electron chi connectivity index (χ1n) is 14.6. The number of benzene rings is 3. The summed E-state index contributed by atoms with van der Waals surface area (Å²) in [5, 5.41) is 4.19. The molecule has 4 fully saturated rings. The van der Waals surface area contributed by atoms with Crippen LogP contribution in [0.4, 0.5) is 0 Å². The molecule has 240 valence electrons. The Labute approximate surface area is 325 Å². The SMILES string of the molecule is C[C@H](N=C[C]1[C-][CH][CH][CH]1)[C]1[CH][CH][CH][CH]1.[CH]1[CH][CH][CH][CH]1.[CH]1[CH][CH][CH][CH]1.[Cl][Pd+].[Fe+2].[Fe+2].c1ccc(P(c2ccccc2)c2ccccc2)cc1. The predicted molar refractivity (Wildman–Crippen MR) is 192 cm³/mol. The molecule has 0 saturated heterocycles. The quantitative estimate of drug-likeness (QED) is 0.103. The van der Waals surface area contributed by atoms with Gasteiger partial charge in [-0.25, -0.2) is 6.42 Å². The fraction of sp³-hybridized carbons (Fsp3) is 0.0488. The third kappa shape index (κ3) is 18.5. The van der Waals surface area contributed by atoms with Gasteiger partial charge in [0.05, 0.1) is 6.04 Å². The van der Waals surface area contributed by atoms with Gasteiger partial charge in [-0.1, -0.05) is 104 Å². The van der Waals surface area contributed by atoms with Crippen LogP contribution in [0.2, 0.25) is 0 Å². The van der Waals surface area contributed by atoms with E-state index in [4.69, 9.17) is 0 Å². The zero-order chi connectivity index (χ0) is 31.8. The first-order valence-corrected chi connectivity index (χ1v) is 17.9. The van der Waals surface area contributed by atoms with E-state index in [2.05, 4.69) is 150 Å². The molecule has 47 heavy (non-hydrogen) atoms. The largest absolute Gasteiger partial charge is 2.00 e. The number of halogens is 1. The monoisotopic (exact) mass is 827 g/mol. The molecule has 6 heteroatoms. The topological polar surface area (TPSA) is 12.4 Å². The van der Waals surface area contributed by atoms with Crippen LogP contribution in [-0.2, 0) is 52.3 Å². The van der Waals surface area contributed by atoms with Crippen molar-refractivity contribution in [1.29, 1.82) is 0 Å². The average molecular weight is 828 g/mol. The molecule has 7 rings (SSSR count). The van der Waals surface area contributed by atoms with Crippen molar-refractivity contribution in [1.82, 2.24) is 0 Å². The molecular formula is C41H37ClFe2NPPd+4. The van der Waals surface area contributed by atoms with E-state index >= 15 is 0 Å². The van der Waals surface area contributed by atoms with E-state index < -0.39 is 7.92 Å². The summed E-state index contributed by atoms with van der Waals surface area (Å²) in [5.41, 5.74) is 0. The van der Waals surface area contributed by atoms with Gasteiger partial charge >= 0.3 is 61.8 Å². The molecule has 3 aromatic rings. The van der Waals surface area contributed by atoms with Gasteiger partial charge in [-0.15, -0.1) is 0 Å². The minimum Gasteiger partial charge on any atom is -0.0622 e. The molecular weight excluding hydrogens is 791 g/mol. The van der Waals surface area contributed by atoms with Gasteiger partial charge in [-0.2, -0.15) is 5.92 Å². The van der Waals surface area contributed by atoms with Crippen molar-refractivity contribution in [3.8, 4) is 0 Å². The van der Waals surface area contributed by atoms with E-state index in [0.717, 1.165) is 5.92 Å². The Morgan fingerprint density at radius 2 is 0.915 bits per heavy atom. The molecule has 0 N–H and O–H groups in total. The van der Waals surface area contributed by atoms with E-state index in [1.54, 1.807) is 0 Å². The first kappa shape index (κ1) is 44.8. The first-order chi connectivity index (χ1) is 22.3. The minimum absolute atomic E-state index is 0. The van der Waals surface area contributed by atoms with Crippen LogP contribution in [0.15, 0.2) is 96.0 Å². The molecule has 4 saturated carbocycles. The summed E-state index contributed by atoms with van der Waals surface area (Å²) in [6, 6.07) is 32.6. The number of aliphatic imine (C=N–C) groups is 1. The van der Waals surface area contributed by atoms with E-state index in [0.29, 0.717) is 0 Å². The predicted octanol–water partition coefficient (Wildman–Crippen LogP) is 8.30. The van der Waals surface area contributed by atoms with Crippen LogP contribution in [0.25, 0.3) is 0 Å². The Hall–Kier alpha value is -0.249. The molecule has 1 nitrogen and oxygen atoms in total. The molecule has 0 bridgehead atoms. The molecule has 0 aromatic heterocycles. The zero-order valence-corrected chi connectivity index (χ0v) is 31.3. The molecule has 3 aromatic carbocycles. The third-order valence-corrected chi connectivity index (χ3v) is 8.83. The van der Waals surface area contributed by atoms with Crippen LogP contribution >= 0.6 is 17.5 Å². The van der Waals surface area contributed by atoms with Gasteiger partial charge in [-0.05, 0) is 127 Å². The maximum Gasteiger partial charge on any atom is 2.00 e. The van der Waals surface area contributed by atoms with Crippen LogP contribution in [0, 0.1) is 127 Å². The Bertz CT molecular complexity index is 999. The van der Waals surface area contributed by atoms with Crippen LogP contribution in [-0.4, -0.2) is 12.3 Å². The molecule has 0 unspecified atom stereocenters. The molecule has 20 radical (unpaired) electrons. The van der Waals surface area contributed by atoms with E-state index in [1.165, 1.54) is 21.8 Å². The van der Waals surface area contributed by atoms with Crippen molar-refractivity contribution >= 4 is 39.6 Å². The summed E-state index contributed by atoms with van der Waals surface area (Å²) < 4.78 is 0. The van der Waals surface area contributed by atoms with Crippen molar-refractivity contribution in [2.45, 2.75) is 13.0 Å². The third-order valence-electron chi connectivity index (χ3n) is 6.38. The maximum atomic E-state index is 4.49. The van der Waals surface area contributed by atoms with Gasteiger partial charge in [0.2, 0.25) is 0 Å². The number of rotatable bonds is 6. The number of nitrogens with zero attached hydrogens (tertiary/aromatic N) is 1. The summed E-state index contributed by atoms with van der Waals surface area (Å²) in [5.74, 6) is 2.30. The Morgan fingerprint density at radius 1 is 0.553 bits per heavy atom. The molecule has 4 aliphatic rings. The van der Waals surface area contributed by atoms with Gasteiger partial charge in [0, 0.05) is 5.92 Å². The number of hydrogen-bond donors (Lipinski definition) is 0. The standard InChI is InChI=1S/C18H15P.C13H12N.2C5H5.ClH.2Fe.Pd/c1-4-10-16(11-5-1)19(17-12-6-2-7-13-17)18-14-8-3-9-15-18;1-11(13-8-4-5-9-13)14-10-12-6-2-3-7-12;2*1-2-4-5-3-1;;;;/h1-15H;2-6,8-11H,1H3;2*1-5H;1H;;;/q;-1;;;;3*+2/p-1/t;11-;;;;;;/m.0....../s1. The van der Waals surface area contributed by atoms with Gasteiger partial charge in [0.1, 0.15) is 0 Å². The molecule has 0 aliphatic heterocycles. The van der Waals surface area contributed by atoms with Gasteiger partial charge in [0.15, 0.2) is 0 Å². The van der Waals surface area contributed by atoms with Crippen molar-refractivity contribution in [3.63, 3.8) is 0 Å². The van der Waals surface area contributed by atoms with E-state index in [-0.39, 0.29) is 40.2 Å². The summed E-state index contributed by atoms with van der Waals surface area (Å²) in [6.07, 6.45) is 39.1. The second-order valence-electron chi connectivity index (χ2n) is 9.56. The Balaban J connectivity index is 0.000000344. The zero-order valence-electron chi connectivity index (χ0n) is 25.9. The maximum absolute atomic E-state index is 4.49. The van der Waals surface area contributed by atoms with Crippen LogP contribution < -0.4 is 15.9 Å². The molecule has 1 atom stereocenters. The number of hydrogen-bond acceptors (Lipinski definition) is 1. The minimum atomic E-state index is -0.446. The molecule has 0 amide bonds. The van der Waals surface area contributed by atoms with Crippen LogP contribution in [0.3, 0.4) is 0 Å². The molecule has 0 spiro atoms. The van der Waals surface area contributed by atoms with Crippen molar-refractivity contribution < 1.29 is 52.3 Å². The summed E-state index contributed by atoms with van der Waals surface area (Å²) >= 11 is 2.22. The fourth-order valence-electron chi connectivity index (χ4n) is 4.19. The van der Waals surface area contributed by atoms with Crippen molar-refractivity contribution in [2.24, 2.45) is 4.99 Å². The Morgan fingerprint density at radius 3 is 1.23 bits per heavy atom. The van der Waals surface area contributed by atoms with E-state index in [9.17, 15) is 0 Å². The fourth-order valence-corrected chi connectivity index (χ4v) is 6.50. The van der Waals surface area contributed by atoms with Crippen molar-refractivity contribution in [3.05, 3.63) is 218 Å². The summed E-state index contributed by atoms with van der Waals surface area (Å²) in [7, 11) is 4.04. The smallest absolute Gasteiger partial charge is 0.0622 e. The summed E-state index contributed by atoms with van der Waals surface area (Å²) in [4.78, 5) is 4.45. The second-order valence-corrected chi connectivity index (χ2v) is 11.8. The van der Waals surface area contributed by atoms with E-state index in [1.807, 2.05) is 103 Å². The van der Waals surface area contributed by atoms with Crippen LogP contribution in [0.5, 0.6) is 0 Å². The van der Waals surface area contributed by atoms with Gasteiger partial charge in [-0.3, -0.25) is 4.99 Å². The Kier molecular flexibility index (Phi) is 28.1. The van der Waals surface area contributed by atoms with Crippen LogP contribution in [0.1, 0.15) is 6.92 Å². The molecule has 0 heterocycles. The second kappa shape index (κ2) is 29.5. The normalized spacial score (nSPS) is 17.8. The molecule has 4 aliphatic carbocycles. The van der Waals surface area contributed by atoms with Gasteiger partial charge in [0.25, 0.3) is 0 Å². The van der Waals surface area contributed by atoms with Gasteiger partial charge < -0.3 is 6.42 Å². The van der Waals surface area contributed by atoms with Crippen molar-refractivity contribution in [2.75, 3.05) is 0 Å². The average Bonchev–Trinajstić information content (AvgIpc) is 3.96. The summed E-state index contributed by atoms with van der Waals surface area (Å²) in [6.45, 7) is 2.09.